The molecule has 0 aliphatic heterocycles. The first-order chi connectivity index (χ1) is 17.2. The van der Waals surface area contributed by atoms with Crippen molar-refractivity contribution in [2.24, 2.45) is 0 Å². The minimum Gasteiger partial charge on any atom is -0.492 e. The van der Waals surface area contributed by atoms with E-state index in [0.29, 0.717) is 40.5 Å². The van der Waals surface area contributed by atoms with Gasteiger partial charge in [-0.1, -0.05) is 11.6 Å². The number of carbonyl (C=O) groups is 3. The third-order valence-electron chi connectivity index (χ3n) is 4.79. The van der Waals surface area contributed by atoms with Crippen molar-refractivity contribution in [2.75, 3.05) is 28.7 Å². The van der Waals surface area contributed by atoms with Gasteiger partial charge in [-0.3, -0.25) is 14.4 Å². The van der Waals surface area contributed by atoms with Crippen LogP contribution in [-0.2, 0) is 14.4 Å². The molecule has 0 radical (unpaired) electrons. The molecule has 0 spiro atoms. The number of nitrogens with one attached hydrogen (secondary N) is 3. The summed E-state index contributed by atoms with van der Waals surface area (Å²) < 4.78 is 19.2. The van der Waals surface area contributed by atoms with E-state index < -0.39 is 17.8 Å². The average Bonchev–Trinajstić information content (AvgIpc) is 2.82. The maximum atomic E-state index is 13.5. The number of rotatable bonds is 11. The van der Waals surface area contributed by atoms with Crippen LogP contribution < -0.4 is 20.7 Å². The molecular formula is C24H25ClFN5O4S. The van der Waals surface area contributed by atoms with Crippen LogP contribution >= 0.6 is 23.4 Å². The van der Waals surface area contributed by atoms with Gasteiger partial charge in [0, 0.05) is 17.1 Å². The monoisotopic (exact) mass is 533 g/mol. The zero-order chi connectivity index (χ0) is 26.2. The molecule has 1 heterocycles. The number of benzene rings is 2. The van der Waals surface area contributed by atoms with Crippen LogP contribution in [0.4, 0.5) is 21.6 Å². The van der Waals surface area contributed by atoms with E-state index in [1.54, 1.807) is 19.1 Å². The van der Waals surface area contributed by atoms with Crippen LogP contribution in [0.15, 0.2) is 36.7 Å². The highest BCUT2D eigenvalue weighted by molar-refractivity contribution is 8.00. The van der Waals surface area contributed by atoms with E-state index in [9.17, 15) is 18.8 Å². The average molecular weight is 534 g/mol. The number of ether oxygens (including phenoxy) is 1. The second-order valence-corrected chi connectivity index (χ2v) is 9.14. The summed E-state index contributed by atoms with van der Waals surface area (Å²) in [6.45, 7) is 5.15. The first kappa shape index (κ1) is 27.2. The van der Waals surface area contributed by atoms with E-state index in [-0.39, 0.29) is 28.2 Å². The minimum absolute atomic E-state index is 0.0290. The molecule has 0 bridgehead atoms. The Kier molecular flexibility index (Phi) is 9.43. The van der Waals surface area contributed by atoms with Crippen molar-refractivity contribution >= 4 is 69.1 Å². The first-order valence-corrected chi connectivity index (χ1v) is 12.5. The quantitative estimate of drug-likeness (QED) is 0.333. The summed E-state index contributed by atoms with van der Waals surface area (Å²) in [5.74, 6) is -0.295. The van der Waals surface area contributed by atoms with Crippen LogP contribution in [0, 0.1) is 5.82 Å². The number of aromatic nitrogens is 2. The van der Waals surface area contributed by atoms with Gasteiger partial charge in [-0.15, -0.1) is 11.8 Å². The second-order valence-electron chi connectivity index (χ2n) is 7.75. The summed E-state index contributed by atoms with van der Waals surface area (Å²) in [7, 11) is 0. The summed E-state index contributed by atoms with van der Waals surface area (Å²) in [5.41, 5.74) is 1.42. The van der Waals surface area contributed by atoms with Gasteiger partial charge in [-0.05, 0) is 45.0 Å². The molecule has 12 heteroatoms. The topological polar surface area (TPSA) is 122 Å². The number of Topliss-reactive ketones (excluding diaryl/α,β-unsaturated/α-hetero) is 1. The van der Waals surface area contributed by atoms with Crippen LogP contribution in [0.25, 0.3) is 10.9 Å². The predicted octanol–water partition coefficient (Wildman–Crippen LogP) is 4.33. The molecule has 190 valence electrons. The molecule has 3 aromatic rings. The van der Waals surface area contributed by atoms with Crippen LogP contribution in [0.3, 0.4) is 0 Å². The Morgan fingerprint density at radius 2 is 1.94 bits per heavy atom. The number of fused-ring (bicyclic) bond motifs is 1. The smallest absolute Gasteiger partial charge is 0.246 e. The van der Waals surface area contributed by atoms with Crippen LogP contribution in [0.5, 0.6) is 5.75 Å². The molecule has 1 atom stereocenters. The Hall–Kier alpha value is -3.44. The summed E-state index contributed by atoms with van der Waals surface area (Å²) in [4.78, 5) is 44.5. The number of thioether (sulfide) groups is 1. The molecule has 0 fully saturated rings. The van der Waals surface area contributed by atoms with Gasteiger partial charge in [0.05, 0.1) is 34.3 Å². The second kappa shape index (κ2) is 12.5. The molecular weight excluding hydrogens is 509 g/mol. The van der Waals surface area contributed by atoms with E-state index in [2.05, 4.69) is 25.9 Å². The number of ketones is 1. The normalized spacial score (nSPS) is 11.6. The third kappa shape index (κ3) is 7.28. The van der Waals surface area contributed by atoms with Crippen molar-refractivity contribution in [1.29, 1.82) is 0 Å². The lowest BCUT2D eigenvalue weighted by molar-refractivity contribution is -0.124. The fourth-order valence-corrected chi connectivity index (χ4v) is 3.98. The van der Waals surface area contributed by atoms with Gasteiger partial charge in [0.15, 0.2) is 0 Å². The molecule has 0 aliphatic carbocycles. The largest absolute Gasteiger partial charge is 0.492 e. The van der Waals surface area contributed by atoms with Crippen molar-refractivity contribution in [3.63, 3.8) is 0 Å². The summed E-state index contributed by atoms with van der Waals surface area (Å²) in [6, 6.07) is 6.67. The fourth-order valence-electron chi connectivity index (χ4n) is 3.14. The van der Waals surface area contributed by atoms with Gasteiger partial charge < -0.3 is 20.7 Å². The zero-order valence-corrected chi connectivity index (χ0v) is 21.4. The number of anilines is 3. The number of hydrogen-bond acceptors (Lipinski definition) is 8. The number of halogens is 2. The highest BCUT2D eigenvalue weighted by Crippen LogP contribution is 2.34. The van der Waals surface area contributed by atoms with Crippen molar-refractivity contribution in [2.45, 2.75) is 26.8 Å². The number of amides is 2. The standard InChI is InChI=1S/C24H25ClFN5O4S/c1-4-35-21-9-19-16(23(28-12-27-19)30-15-5-6-18(26)17(25)7-15)8-20(21)31-24(34)14(3)29-22(33)11-36-10-13(2)32/h5-9,12,14H,4,10-11H2,1-3H3,(H,29,33)(H,31,34)(H,27,28,30)/t14-/m1/s1. The van der Waals surface area contributed by atoms with Crippen LogP contribution in [0.2, 0.25) is 5.02 Å². The van der Waals surface area contributed by atoms with Crippen LogP contribution in [0.1, 0.15) is 20.8 Å². The Balaban J connectivity index is 1.83. The van der Waals surface area contributed by atoms with E-state index in [0.717, 1.165) is 0 Å². The molecule has 0 aliphatic rings. The Morgan fingerprint density at radius 3 is 2.64 bits per heavy atom. The van der Waals surface area contributed by atoms with Gasteiger partial charge in [-0.25, -0.2) is 14.4 Å². The van der Waals surface area contributed by atoms with E-state index in [1.165, 1.54) is 43.2 Å². The fraction of sp³-hybridized carbons (Fsp3) is 0.292. The number of nitrogens with zero attached hydrogens (tertiary/aromatic N) is 2. The van der Waals surface area contributed by atoms with Gasteiger partial charge in [0.25, 0.3) is 0 Å². The lowest BCUT2D eigenvalue weighted by atomic mass is 10.1. The van der Waals surface area contributed by atoms with Gasteiger partial charge in [0.2, 0.25) is 11.8 Å². The minimum atomic E-state index is -0.841. The Morgan fingerprint density at radius 1 is 1.17 bits per heavy atom. The third-order valence-corrected chi connectivity index (χ3v) is 6.15. The van der Waals surface area contributed by atoms with Gasteiger partial charge in [-0.2, -0.15) is 0 Å². The van der Waals surface area contributed by atoms with E-state index in [1.807, 2.05) is 6.92 Å². The number of carbonyl (C=O) groups excluding carboxylic acids is 3. The number of hydrogen-bond donors (Lipinski definition) is 3. The molecule has 0 unspecified atom stereocenters. The summed E-state index contributed by atoms with van der Waals surface area (Å²) in [6.07, 6.45) is 1.37. The van der Waals surface area contributed by atoms with Crippen molar-refractivity contribution in [1.82, 2.24) is 15.3 Å². The van der Waals surface area contributed by atoms with Crippen molar-refractivity contribution in [3.05, 3.63) is 47.5 Å². The molecule has 9 nitrogen and oxygen atoms in total. The predicted molar refractivity (Wildman–Crippen MR) is 140 cm³/mol. The molecule has 3 N–H and O–H groups in total. The molecule has 3 rings (SSSR count). The van der Waals surface area contributed by atoms with Gasteiger partial charge in [0.1, 0.15) is 35.5 Å². The zero-order valence-electron chi connectivity index (χ0n) is 19.9. The summed E-state index contributed by atoms with van der Waals surface area (Å²) in [5, 5.41) is 9.00. The highest BCUT2D eigenvalue weighted by Gasteiger charge is 2.19. The Bertz CT molecular complexity index is 1290. The van der Waals surface area contributed by atoms with E-state index in [4.69, 9.17) is 16.3 Å². The lowest BCUT2D eigenvalue weighted by Gasteiger charge is -2.17. The molecule has 2 aromatic carbocycles. The highest BCUT2D eigenvalue weighted by atomic mass is 35.5. The maximum Gasteiger partial charge on any atom is 0.246 e. The molecule has 2 amide bonds. The van der Waals surface area contributed by atoms with Crippen LogP contribution in [-0.4, -0.2) is 51.7 Å². The molecule has 1 aromatic heterocycles. The SMILES string of the molecule is CCOc1cc2ncnc(Nc3ccc(F)c(Cl)c3)c2cc1NC(=O)[C@@H](C)NC(=O)CSCC(C)=O. The van der Waals surface area contributed by atoms with Gasteiger partial charge >= 0.3 is 0 Å². The van der Waals surface area contributed by atoms with Crippen molar-refractivity contribution < 1.29 is 23.5 Å². The molecule has 0 saturated heterocycles. The lowest BCUT2D eigenvalue weighted by Crippen LogP contribution is -2.42. The summed E-state index contributed by atoms with van der Waals surface area (Å²) >= 11 is 7.06. The van der Waals surface area contributed by atoms with E-state index >= 15 is 0 Å². The maximum absolute atomic E-state index is 13.5. The first-order valence-electron chi connectivity index (χ1n) is 11.0. The van der Waals surface area contributed by atoms with Crippen molar-refractivity contribution in [3.8, 4) is 5.75 Å². The molecule has 0 saturated carbocycles. The Labute approximate surface area is 216 Å². The molecule has 36 heavy (non-hydrogen) atoms.